The van der Waals surface area contributed by atoms with Crippen molar-refractivity contribution in [2.24, 2.45) is 0 Å². The Morgan fingerprint density at radius 1 is 0.889 bits per heavy atom. The number of nitrogens with zero attached hydrogens (tertiary/aromatic N) is 3. The predicted octanol–water partition coefficient (Wildman–Crippen LogP) is 2.64. The van der Waals surface area contributed by atoms with E-state index in [-0.39, 0.29) is 5.75 Å². The Balaban J connectivity index is 2.16. The molecule has 18 heavy (non-hydrogen) atoms. The highest BCUT2D eigenvalue weighted by Crippen LogP contribution is 2.25. The van der Waals surface area contributed by atoms with Gasteiger partial charge in [0.25, 0.3) is 0 Å². The van der Waals surface area contributed by atoms with Gasteiger partial charge in [-0.1, -0.05) is 42.5 Å². The molecule has 0 atom stereocenters. The van der Waals surface area contributed by atoms with Crippen LogP contribution in [-0.2, 0) is 0 Å². The smallest absolute Gasteiger partial charge is 0.168 e. The van der Waals surface area contributed by atoms with E-state index < -0.39 is 0 Å². The molecule has 0 unspecified atom stereocenters. The SMILES string of the molecule is Oc1ccccc1-n1cnnc1-c1ccccc1. The maximum Gasteiger partial charge on any atom is 0.168 e. The number of phenolic OH excluding ortho intramolecular Hbond substituents is 1. The quantitative estimate of drug-likeness (QED) is 0.745. The lowest BCUT2D eigenvalue weighted by atomic mass is 10.2. The highest BCUT2D eigenvalue weighted by atomic mass is 16.3. The molecule has 0 aliphatic rings. The van der Waals surface area contributed by atoms with Gasteiger partial charge < -0.3 is 5.11 Å². The van der Waals surface area contributed by atoms with E-state index in [0.29, 0.717) is 11.5 Å². The third-order valence-corrected chi connectivity index (χ3v) is 2.72. The normalized spacial score (nSPS) is 10.4. The van der Waals surface area contributed by atoms with Crippen LogP contribution in [0.1, 0.15) is 0 Å². The van der Waals surface area contributed by atoms with Crippen molar-refractivity contribution >= 4 is 0 Å². The molecule has 0 fully saturated rings. The molecule has 4 heteroatoms. The van der Waals surface area contributed by atoms with Crippen LogP contribution in [0.25, 0.3) is 17.1 Å². The molecule has 1 heterocycles. The second kappa shape index (κ2) is 4.33. The lowest BCUT2D eigenvalue weighted by molar-refractivity contribution is 0.472. The van der Waals surface area contributed by atoms with Gasteiger partial charge in [0, 0.05) is 5.56 Å². The summed E-state index contributed by atoms with van der Waals surface area (Å²) in [6, 6.07) is 16.9. The van der Waals surface area contributed by atoms with Crippen LogP contribution in [0.2, 0.25) is 0 Å². The topological polar surface area (TPSA) is 50.9 Å². The number of aromatic nitrogens is 3. The van der Waals surface area contributed by atoms with Crippen LogP contribution in [0.5, 0.6) is 5.75 Å². The number of hydrogen-bond donors (Lipinski definition) is 1. The first-order valence-corrected chi connectivity index (χ1v) is 5.60. The Hall–Kier alpha value is -2.62. The average Bonchev–Trinajstić information content (AvgIpc) is 2.89. The fourth-order valence-electron chi connectivity index (χ4n) is 1.86. The fraction of sp³-hybridized carbons (Fsp3) is 0. The van der Waals surface area contributed by atoms with E-state index >= 15 is 0 Å². The second-order valence-electron chi connectivity index (χ2n) is 3.88. The zero-order valence-electron chi connectivity index (χ0n) is 9.56. The maximum absolute atomic E-state index is 9.88. The van der Waals surface area contributed by atoms with Crippen LogP contribution >= 0.6 is 0 Å². The van der Waals surface area contributed by atoms with E-state index in [2.05, 4.69) is 10.2 Å². The van der Waals surface area contributed by atoms with Gasteiger partial charge in [0.15, 0.2) is 5.82 Å². The minimum atomic E-state index is 0.203. The van der Waals surface area contributed by atoms with E-state index in [9.17, 15) is 5.11 Å². The standard InChI is InChI=1S/C14H11N3O/c18-13-9-5-4-8-12(13)17-10-15-16-14(17)11-6-2-1-3-7-11/h1-10,18H. The largest absolute Gasteiger partial charge is 0.506 e. The third-order valence-electron chi connectivity index (χ3n) is 2.72. The van der Waals surface area contributed by atoms with Gasteiger partial charge in [-0.2, -0.15) is 0 Å². The van der Waals surface area contributed by atoms with Crippen molar-refractivity contribution in [3.05, 3.63) is 60.9 Å². The molecular weight excluding hydrogens is 226 g/mol. The summed E-state index contributed by atoms with van der Waals surface area (Å²) >= 11 is 0. The third kappa shape index (κ3) is 1.73. The van der Waals surface area contributed by atoms with E-state index in [1.807, 2.05) is 42.5 Å². The van der Waals surface area contributed by atoms with Crippen molar-refractivity contribution in [3.63, 3.8) is 0 Å². The highest BCUT2D eigenvalue weighted by molar-refractivity contribution is 5.59. The lowest BCUT2D eigenvalue weighted by Crippen LogP contribution is -1.96. The molecule has 1 aromatic heterocycles. The molecule has 1 N–H and O–H groups in total. The Morgan fingerprint density at radius 2 is 1.61 bits per heavy atom. The molecule has 2 aromatic carbocycles. The van der Waals surface area contributed by atoms with Crippen LogP contribution in [0.4, 0.5) is 0 Å². The van der Waals surface area contributed by atoms with Gasteiger partial charge in [-0.3, -0.25) is 4.57 Å². The van der Waals surface area contributed by atoms with Gasteiger partial charge in [-0.05, 0) is 12.1 Å². The molecule has 3 aromatic rings. The molecule has 0 radical (unpaired) electrons. The summed E-state index contributed by atoms with van der Waals surface area (Å²) in [5.41, 5.74) is 1.62. The van der Waals surface area contributed by atoms with Crippen molar-refractivity contribution in [2.45, 2.75) is 0 Å². The Bertz CT molecular complexity index is 662. The van der Waals surface area contributed by atoms with Crippen LogP contribution in [0.3, 0.4) is 0 Å². The minimum absolute atomic E-state index is 0.203. The number of hydrogen-bond acceptors (Lipinski definition) is 3. The Labute approximate surface area is 104 Å². The van der Waals surface area contributed by atoms with Gasteiger partial charge >= 0.3 is 0 Å². The van der Waals surface area contributed by atoms with Gasteiger partial charge in [0.05, 0.1) is 5.69 Å². The number of aromatic hydroxyl groups is 1. The fourth-order valence-corrected chi connectivity index (χ4v) is 1.86. The molecule has 0 spiro atoms. The number of benzene rings is 2. The van der Waals surface area contributed by atoms with Crippen LogP contribution < -0.4 is 0 Å². The van der Waals surface area contributed by atoms with E-state index in [0.717, 1.165) is 5.56 Å². The molecule has 0 bridgehead atoms. The summed E-state index contributed by atoms with van der Waals surface area (Å²) in [5, 5.41) is 17.9. The van der Waals surface area contributed by atoms with Crippen LogP contribution in [0.15, 0.2) is 60.9 Å². The number of para-hydroxylation sites is 2. The molecule has 0 aliphatic heterocycles. The predicted molar refractivity (Wildman–Crippen MR) is 68.5 cm³/mol. The van der Waals surface area contributed by atoms with Crippen molar-refractivity contribution in [1.82, 2.24) is 14.8 Å². The monoisotopic (exact) mass is 237 g/mol. The Morgan fingerprint density at radius 3 is 2.39 bits per heavy atom. The van der Waals surface area contributed by atoms with Crippen molar-refractivity contribution < 1.29 is 5.11 Å². The van der Waals surface area contributed by atoms with Gasteiger partial charge in [-0.25, -0.2) is 0 Å². The van der Waals surface area contributed by atoms with E-state index in [1.54, 1.807) is 23.0 Å². The first-order chi connectivity index (χ1) is 8.86. The summed E-state index contributed by atoms with van der Waals surface area (Å²) in [6.45, 7) is 0. The molecule has 0 saturated heterocycles. The molecule has 0 saturated carbocycles. The second-order valence-corrected chi connectivity index (χ2v) is 3.88. The molecule has 3 rings (SSSR count). The summed E-state index contributed by atoms with van der Waals surface area (Å²) in [5.74, 6) is 0.909. The molecule has 0 aliphatic carbocycles. The maximum atomic E-state index is 9.88. The van der Waals surface area contributed by atoms with Gasteiger partial charge in [-0.15, -0.1) is 10.2 Å². The van der Waals surface area contributed by atoms with E-state index in [1.165, 1.54) is 0 Å². The summed E-state index contributed by atoms with van der Waals surface area (Å²) in [4.78, 5) is 0. The van der Waals surface area contributed by atoms with Gasteiger partial charge in [0.2, 0.25) is 0 Å². The first kappa shape index (κ1) is 10.5. The molecule has 88 valence electrons. The summed E-state index contributed by atoms with van der Waals surface area (Å²) in [7, 11) is 0. The van der Waals surface area contributed by atoms with Crippen LogP contribution in [0, 0.1) is 0 Å². The van der Waals surface area contributed by atoms with Crippen LogP contribution in [-0.4, -0.2) is 19.9 Å². The summed E-state index contributed by atoms with van der Waals surface area (Å²) in [6.07, 6.45) is 1.59. The van der Waals surface area contributed by atoms with Crippen molar-refractivity contribution in [1.29, 1.82) is 0 Å². The number of rotatable bonds is 2. The van der Waals surface area contributed by atoms with Crippen molar-refractivity contribution in [2.75, 3.05) is 0 Å². The van der Waals surface area contributed by atoms with Crippen molar-refractivity contribution in [3.8, 4) is 22.8 Å². The first-order valence-electron chi connectivity index (χ1n) is 5.60. The lowest BCUT2D eigenvalue weighted by Gasteiger charge is -2.08. The zero-order chi connectivity index (χ0) is 12.4. The van der Waals surface area contributed by atoms with E-state index in [4.69, 9.17) is 0 Å². The highest BCUT2D eigenvalue weighted by Gasteiger charge is 2.10. The minimum Gasteiger partial charge on any atom is -0.506 e. The zero-order valence-corrected chi connectivity index (χ0v) is 9.56. The Kier molecular flexibility index (Phi) is 2.53. The molecule has 0 amide bonds. The summed E-state index contributed by atoms with van der Waals surface area (Å²) < 4.78 is 1.77. The average molecular weight is 237 g/mol. The molecule has 4 nitrogen and oxygen atoms in total. The molecular formula is C14H11N3O. The van der Waals surface area contributed by atoms with Gasteiger partial charge in [0.1, 0.15) is 12.1 Å². The number of phenols is 1.